The number of halogens is 1. The zero-order valence-corrected chi connectivity index (χ0v) is 12.9. The van der Waals surface area contributed by atoms with Crippen LogP contribution in [-0.2, 0) is 0 Å². The van der Waals surface area contributed by atoms with Gasteiger partial charge in [-0.2, -0.15) is 4.98 Å². The lowest BCUT2D eigenvalue weighted by Gasteiger charge is -2.31. The van der Waals surface area contributed by atoms with Crippen molar-refractivity contribution >= 4 is 27.5 Å². The van der Waals surface area contributed by atoms with E-state index < -0.39 is 0 Å². The molecular formula is C14H19BrN4. The van der Waals surface area contributed by atoms with E-state index in [-0.39, 0.29) is 0 Å². The fourth-order valence-corrected chi connectivity index (χ4v) is 3.49. The van der Waals surface area contributed by atoms with Gasteiger partial charge >= 0.3 is 0 Å². The average molecular weight is 323 g/mol. The number of aromatic nitrogens is 3. The molecule has 4 nitrogen and oxygen atoms in total. The summed E-state index contributed by atoms with van der Waals surface area (Å²) in [5, 5.41) is 7.97. The lowest BCUT2D eigenvalue weighted by atomic mass is 9.80. The highest BCUT2D eigenvalue weighted by atomic mass is 79.9. The molecule has 1 aliphatic carbocycles. The van der Waals surface area contributed by atoms with Gasteiger partial charge in [-0.15, -0.1) is 5.10 Å². The Bertz CT molecular complexity index is 570. The van der Waals surface area contributed by atoms with Crippen molar-refractivity contribution in [2.24, 2.45) is 11.8 Å². The van der Waals surface area contributed by atoms with Crippen LogP contribution in [0.25, 0.3) is 5.65 Å². The topological polar surface area (TPSA) is 42.2 Å². The Morgan fingerprint density at radius 1 is 1.21 bits per heavy atom. The third-order valence-electron chi connectivity index (χ3n) is 3.81. The molecule has 2 aromatic rings. The highest BCUT2D eigenvalue weighted by molar-refractivity contribution is 9.10. The van der Waals surface area contributed by atoms with Crippen LogP contribution in [-0.4, -0.2) is 20.6 Å². The van der Waals surface area contributed by atoms with Gasteiger partial charge in [0.1, 0.15) is 0 Å². The van der Waals surface area contributed by atoms with E-state index in [1.54, 1.807) is 0 Å². The van der Waals surface area contributed by atoms with Crippen molar-refractivity contribution in [1.82, 2.24) is 14.6 Å². The van der Waals surface area contributed by atoms with Crippen LogP contribution in [0.2, 0.25) is 0 Å². The largest absolute Gasteiger partial charge is 0.350 e. The molecule has 1 saturated carbocycles. The molecule has 2 unspecified atom stereocenters. The zero-order valence-electron chi connectivity index (χ0n) is 11.3. The number of anilines is 1. The van der Waals surface area contributed by atoms with Crippen LogP contribution in [0.1, 0.15) is 33.1 Å². The molecule has 0 aliphatic heterocycles. The molecule has 1 aliphatic rings. The van der Waals surface area contributed by atoms with Gasteiger partial charge in [-0.3, -0.25) is 0 Å². The molecule has 0 aromatic carbocycles. The quantitative estimate of drug-likeness (QED) is 0.916. The van der Waals surface area contributed by atoms with Gasteiger partial charge in [0, 0.05) is 16.7 Å². The second-order valence-electron chi connectivity index (χ2n) is 5.84. The van der Waals surface area contributed by atoms with E-state index in [1.807, 2.05) is 22.8 Å². The van der Waals surface area contributed by atoms with E-state index in [0.717, 1.165) is 27.9 Å². The van der Waals surface area contributed by atoms with Crippen LogP contribution in [0.15, 0.2) is 22.8 Å². The van der Waals surface area contributed by atoms with E-state index in [9.17, 15) is 0 Å². The van der Waals surface area contributed by atoms with Crippen molar-refractivity contribution < 1.29 is 0 Å². The van der Waals surface area contributed by atoms with Crippen molar-refractivity contribution in [2.75, 3.05) is 5.32 Å². The van der Waals surface area contributed by atoms with Crippen LogP contribution in [0.5, 0.6) is 0 Å². The van der Waals surface area contributed by atoms with Gasteiger partial charge in [0.2, 0.25) is 5.95 Å². The van der Waals surface area contributed by atoms with Crippen molar-refractivity contribution in [3.05, 3.63) is 22.8 Å². The minimum Gasteiger partial charge on any atom is -0.350 e. The number of fused-ring (bicyclic) bond motifs is 1. The van der Waals surface area contributed by atoms with E-state index in [0.29, 0.717) is 6.04 Å². The Balaban J connectivity index is 1.77. The van der Waals surface area contributed by atoms with Gasteiger partial charge < -0.3 is 5.32 Å². The summed E-state index contributed by atoms with van der Waals surface area (Å²) in [6, 6.07) is 4.45. The standard InChI is InChI=1S/C14H19BrN4/c1-9-5-10(2)7-12(6-9)16-14-17-13-4-3-11(15)8-19(13)18-14/h3-4,8-10,12H,5-7H2,1-2H3,(H,16,18). The van der Waals surface area contributed by atoms with Gasteiger partial charge in [0.05, 0.1) is 0 Å². The third-order valence-corrected chi connectivity index (χ3v) is 4.28. The summed E-state index contributed by atoms with van der Waals surface area (Å²) in [7, 11) is 0. The van der Waals surface area contributed by atoms with Crippen molar-refractivity contribution in [1.29, 1.82) is 0 Å². The maximum atomic E-state index is 4.52. The van der Waals surface area contributed by atoms with Gasteiger partial charge in [-0.1, -0.05) is 13.8 Å². The van der Waals surface area contributed by atoms with Gasteiger partial charge in [-0.25, -0.2) is 4.52 Å². The van der Waals surface area contributed by atoms with Crippen LogP contribution in [0.4, 0.5) is 5.95 Å². The van der Waals surface area contributed by atoms with Crippen molar-refractivity contribution in [2.45, 2.75) is 39.2 Å². The summed E-state index contributed by atoms with van der Waals surface area (Å²) in [6.45, 7) is 4.66. The molecule has 1 fully saturated rings. The van der Waals surface area contributed by atoms with E-state index in [2.05, 4.69) is 45.2 Å². The van der Waals surface area contributed by atoms with Crippen LogP contribution in [0, 0.1) is 11.8 Å². The summed E-state index contributed by atoms with van der Waals surface area (Å²) in [4.78, 5) is 4.52. The SMILES string of the molecule is CC1CC(C)CC(Nc2nc3ccc(Br)cn3n2)C1. The molecule has 0 bridgehead atoms. The Morgan fingerprint density at radius 2 is 1.95 bits per heavy atom. The van der Waals surface area contributed by atoms with Crippen LogP contribution >= 0.6 is 15.9 Å². The lowest BCUT2D eigenvalue weighted by Crippen LogP contribution is -2.30. The van der Waals surface area contributed by atoms with Gasteiger partial charge in [0.25, 0.3) is 0 Å². The highest BCUT2D eigenvalue weighted by Crippen LogP contribution is 2.30. The monoisotopic (exact) mass is 322 g/mol. The average Bonchev–Trinajstić information content (AvgIpc) is 2.68. The Hall–Kier alpha value is -1.10. The van der Waals surface area contributed by atoms with Gasteiger partial charge in [0.15, 0.2) is 5.65 Å². The molecule has 5 heteroatoms. The molecule has 3 rings (SSSR count). The first-order valence-electron chi connectivity index (χ1n) is 6.88. The van der Waals surface area contributed by atoms with Crippen molar-refractivity contribution in [3.8, 4) is 0 Å². The summed E-state index contributed by atoms with van der Waals surface area (Å²) in [5.41, 5.74) is 0.877. The molecule has 102 valence electrons. The number of hydrogen-bond donors (Lipinski definition) is 1. The Morgan fingerprint density at radius 3 is 2.68 bits per heavy atom. The predicted octanol–water partition coefficient (Wildman–Crippen LogP) is 3.73. The molecule has 2 aromatic heterocycles. The maximum absolute atomic E-state index is 4.52. The molecule has 1 N–H and O–H groups in total. The van der Waals surface area contributed by atoms with Crippen LogP contribution in [0.3, 0.4) is 0 Å². The minimum absolute atomic E-state index is 0.500. The second kappa shape index (κ2) is 5.12. The fraction of sp³-hybridized carbons (Fsp3) is 0.571. The second-order valence-corrected chi connectivity index (χ2v) is 6.76. The normalized spacial score (nSPS) is 27.6. The Labute approximate surface area is 121 Å². The minimum atomic E-state index is 0.500. The van der Waals surface area contributed by atoms with E-state index >= 15 is 0 Å². The summed E-state index contributed by atoms with van der Waals surface area (Å²) >= 11 is 3.45. The fourth-order valence-electron chi connectivity index (χ4n) is 3.17. The summed E-state index contributed by atoms with van der Waals surface area (Å²) in [5.74, 6) is 2.31. The maximum Gasteiger partial charge on any atom is 0.243 e. The van der Waals surface area contributed by atoms with Gasteiger partial charge in [-0.05, 0) is 59.2 Å². The number of hydrogen-bond acceptors (Lipinski definition) is 3. The number of rotatable bonds is 2. The summed E-state index contributed by atoms with van der Waals surface area (Å²) in [6.07, 6.45) is 5.69. The third kappa shape index (κ3) is 2.91. The lowest BCUT2D eigenvalue weighted by molar-refractivity contribution is 0.280. The number of pyridine rings is 1. The first-order chi connectivity index (χ1) is 9.10. The zero-order chi connectivity index (χ0) is 13.4. The first kappa shape index (κ1) is 12.9. The molecule has 0 saturated heterocycles. The molecule has 2 heterocycles. The first-order valence-corrected chi connectivity index (χ1v) is 7.68. The molecule has 2 atom stereocenters. The van der Waals surface area contributed by atoms with E-state index in [4.69, 9.17) is 0 Å². The van der Waals surface area contributed by atoms with Crippen LogP contribution < -0.4 is 5.32 Å². The molecule has 0 spiro atoms. The number of nitrogens with zero attached hydrogens (tertiary/aromatic N) is 3. The molecular weight excluding hydrogens is 304 g/mol. The highest BCUT2D eigenvalue weighted by Gasteiger charge is 2.24. The Kier molecular flexibility index (Phi) is 3.48. The summed E-state index contributed by atoms with van der Waals surface area (Å²) < 4.78 is 2.82. The smallest absolute Gasteiger partial charge is 0.243 e. The molecule has 0 amide bonds. The number of nitrogens with one attached hydrogen (secondary N) is 1. The van der Waals surface area contributed by atoms with Crippen molar-refractivity contribution in [3.63, 3.8) is 0 Å². The van der Waals surface area contributed by atoms with E-state index in [1.165, 1.54) is 19.3 Å². The molecule has 0 radical (unpaired) electrons. The predicted molar refractivity (Wildman–Crippen MR) is 80.3 cm³/mol. The molecule has 19 heavy (non-hydrogen) atoms.